The Morgan fingerprint density at radius 2 is 1.72 bits per heavy atom. The van der Waals surface area contributed by atoms with Crippen molar-refractivity contribution in [3.05, 3.63) is 29.8 Å². The highest BCUT2D eigenvalue weighted by Gasteiger charge is 2.43. The minimum Gasteiger partial charge on any atom is -0.465 e. The van der Waals surface area contributed by atoms with Crippen LogP contribution in [0.2, 0.25) is 0 Å². The van der Waals surface area contributed by atoms with Crippen LogP contribution < -0.4 is 5.32 Å². The number of ether oxygens (including phenoxy) is 3. The minimum absolute atomic E-state index is 0.118. The van der Waals surface area contributed by atoms with Crippen LogP contribution in [0.5, 0.6) is 0 Å². The van der Waals surface area contributed by atoms with Gasteiger partial charge in [0.2, 0.25) is 0 Å². The number of hydrogen-bond donors (Lipinski definition) is 1. The van der Waals surface area contributed by atoms with Crippen molar-refractivity contribution in [1.82, 2.24) is 10.3 Å². The van der Waals surface area contributed by atoms with Gasteiger partial charge in [-0.3, -0.25) is 14.6 Å². The largest absolute Gasteiger partial charge is 0.465 e. The monoisotopic (exact) mass is 356 g/mol. The predicted molar refractivity (Wildman–Crippen MR) is 88.2 cm³/mol. The first-order chi connectivity index (χ1) is 12.0. The van der Waals surface area contributed by atoms with Crippen LogP contribution in [0.1, 0.15) is 32.5 Å². The number of halogens is 1. The Hall–Kier alpha value is -2.06. The van der Waals surface area contributed by atoms with Gasteiger partial charge >= 0.3 is 11.9 Å². The number of carbonyl (C=O) groups is 2. The molecule has 0 fully saturated rings. The molecule has 1 rings (SSSR count). The van der Waals surface area contributed by atoms with Crippen LogP contribution in [0.4, 0.5) is 4.39 Å². The molecule has 0 aromatic carbocycles. The van der Waals surface area contributed by atoms with Crippen molar-refractivity contribution in [2.75, 3.05) is 26.9 Å². The molecule has 0 saturated heterocycles. The molecule has 0 aliphatic carbocycles. The smallest absolute Gasteiger partial charge is 0.323 e. The van der Waals surface area contributed by atoms with E-state index in [4.69, 9.17) is 14.2 Å². The van der Waals surface area contributed by atoms with Gasteiger partial charge in [0.1, 0.15) is 11.9 Å². The fourth-order valence-electron chi connectivity index (χ4n) is 2.46. The Kier molecular flexibility index (Phi) is 9.01. The summed E-state index contributed by atoms with van der Waals surface area (Å²) in [5, 5.41) is 2.97. The van der Waals surface area contributed by atoms with E-state index in [-0.39, 0.29) is 19.8 Å². The lowest BCUT2D eigenvalue weighted by Crippen LogP contribution is -2.46. The number of aromatic nitrogens is 1. The van der Waals surface area contributed by atoms with Gasteiger partial charge in [-0.05, 0) is 40.0 Å². The zero-order valence-electron chi connectivity index (χ0n) is 15.0. The topological polar surface area (TPSA) is 86.8 Å². The van der Waals surface area contributed by atoms with Crippen molar-refractivity contribution in [2.24, 2.45) is 5.92 Å². The van der Waals surface area contributed by atoms with Gasteiger partial charge in [-0.15, -0.1) is 0 Å². The second kappa shape index (κ2) is 10.7. The molecule has 8 heteroatoms. The van der Waals surface area contributed by atoms with Crippen LogP contribution in [0.25, 0.3) is 0 Å². The highest BCUT2D eigenvalue weighted by Crippen LogP contribution is 2.26. The maximum atomic E-state index is 13.2. The van der Waals surface area contributed by atoms with Crippen LogP contribution >= 0.6 is 0 Å². The van der Waals surface area contributed by atoms with E-state index < -0.39 is 35.8 Å². The van der Waals surface area contributed by atoms with Crippen LogP contribution in [-0.4, -0.2) is 49.9 Å². The highest BCUT2D eigenvalue weighted by molar-refractivity contribution is 5.95. The molecule has 1 heterocycles. The fraction of sp³-hybridized carbons (Fsp3) is 0.588. The number of nitrogens with zero attached hydrogens (tertiary/aromatic N) is 1. The van der Waals surface area contributed by atoms with E-state index in [1.807, 2.05) is 0 Å². The quantitative estimate of drug-likeness (QED) is 0.504. The Morgan fingerprint density at radius 3 is 2.12 bits per heavy atom. The maximum absolute atomic E-state index is 13.2. The Balaban J connectivity index is 3.25. The zero-order valence-corrected chi connectivity index (χ0v) is 15.0. The molecule has 140 valence electrons. The molecule has 2 unspecified atom stereocenters. The number of esters is 2. The number of rotatable bonds is 10. The summed E-state index contributed by atoms with van der Waals surface area (Å²) in [6, 6.07) is 2.08. The average molecular weight is 356 g/mol. The van der Waals surface area contributed by atoms with Gasteiger partial charge in [0.25, 0.3) is 0 Å². The summed E-state index contributed by atoms with van der Waals surface area (Å²) < 4.78 is 28.9. The summed E-state index contributed by atoms with van der Waals surface area (Å²) in [4.78, 5) is 28.8. The van der Waals surface area contributed by atoms with Crippen LogP contribution in [-0.2, 0) is 23.8 Å². The van der Waals surface area contributed by atoms with Gasteiger partial charge < -0.3 is 19.5 Å². The van der Waals surface area contributed by atoms with Crippen LogP contribution in [0.15, 0.2) is 18.3 Å². The first-order valence-electron chi connectivity index (χ1n) is 8.23. The summed E-state index contributed by atoms with van der Waals surface area (Å²) in [5.41, 5.74) is 0.431. The molecule has 1 aromatic rings. The van der Waals surface area contributed by atoms with Gasteiger partial charge in [-0.25, -0.2) is 4.39 Å². The van der Waals surface area contributed by atoms with E-state index >= 15 is 0 Å². The van der Waals surface area contributed by atoms with Crippen molar-refractivity contribution in [3.63, 3.8) is 0 Å². The molecular formula is C17H25FN2O5. The minimum atomic E-state index is -1.29. The Bertz CT molecular complexity index is 534. The molecule has 0 saturated carbocycles. The molecule has 0 aliphatic heterocycles. The number of nitrogens with one attached hydrogen (secondary N) is 1. The fourth-order valence-corrected chi connectivity index (χ4v) is 2.46. The van der Waals surface area contributed by atoms with Crippen LogP contribution in [0, 0.1) is 11.7 Å². The SMILES string of the molecule is CCOC(=O)C(C(=O)OCC)C(OCC)C(NC)c1ccc(F)cn1. The lowest BCUT2D eigenvalue weighted by molar-refractivity contribution is -0.170. The number of carbonyl (C=O) groups excluding carboxylic acids is 2. The molecular weight excluding hydrogens is 331 g/mol. The maximum Gasteiger partial charge on any atom is 0.323 e. The van der Waals surface area contributed by atoms with Crippen molar-refractivity contribution < 1.29 is 28.2 Å². The third-order valence-electron chi connectivity index (χ3n) is 3.48. The van der Waals surface area contributed by atoms with Gasteiger partial charge in [-0.1, -0.05) is 0 Å². The summed E-state index contributed by atoms with van der Waals surface area (Å²) in [6.45, 7) is 5.52. The van der Waals surface area contributed by atoms with E-state index in [2.05, 4.69) is 10.3 Å². The molecule has 1 aromatic heterocycles. The molecule has 25 heavy (non-hydrogen) atoms. The lowest BCUT2D eigenvalue weighted by atomic mass is 9.93. The standard InChI is InChI=1S/C17H25FN2O5/c1-5-23-15(13(16(21)24-6-2)17(22)25-7-3)14(19-4)12-9-8-11(18)10-20-12/h8-10,13-15,19H,5-7H2,1-4H3. The molecule has 0 amide bonds. The summed E-state index contributed by atoms with van der Waals surface area (Å²) >= 11 is 0. The van der Waals surface area contributed by atoms with E-state index in [0.29, 0.717) is 5.69 Å². The van der Waals surface area contributed by atoms with E-state index in [1.165, 1.54) is 12.1 Å². The van der Waals surface area contributed by atoms with Gasteiger partial charge in [-0.2, -0.15) is 0 Å². The third-order valence-corrected chi connectivity index (χ3v) is 3.48. The Morgan fingerprint density at radius 1 is 1.12 bits per heavy atom. The molecule has 0 spiro atoms. The molecule has 0 radical (unpaired) electrons. The molecule has 0 aliphatic rings. The number of pyridine rings is 1. The normalized spacial score (nSPS) is 13.4. The average Bonchev–Trinajstić information content (AvgIpc) is 2.58. The first-order valence-corrected chi connectivity index (χ1v) is 8.23. The molecule has 7 nitrogen and oxygen atoms in total. The van der Waals surface area contributed by atoms with E-state index in [0.717, 1.165) is 6.20 Å². The highest BCUT2D eigenvalue weighted by atomic mass is 19.1. The van der Waals surface area contributed by atoms with Crippen LogP contribution in [0.3, 0.4) is 0 Å². The zero-order chi connectivity index (χ0) is 18.8. The van der Waals surface area contributed by atoms with Crippen molar-refractivity contribution >= 4 is 11.9 Å². The Labute approximate surface area is 146 Å². The number of hydrogen-bond acceptors (Lipinski definition) is 7. The van der Waals surface area contributed by atoms with E-state index in [1.54, 1.807) is 27.8 Å². The number of likely N-dealkylation sites (N-methyl/N-ethyl adjacent to an activating group) is 1. The second-order valence-corrected chi connectivity index (χ2v) is 5.07. The van der Waals surface area contributed by atoms with E-state index in [9.17, 15) is 14.0 Å². The van der Waals surface area contributed by atoms with Gasteiger partial charge in [0.15, 0.2) is 5.92 Å². The lowest BCUT2D eigenvalue weighted by Gasteiger charge is -2.30. The van der Waals surface area contributed by atoms with Crippen molar-refractivity contribution in [1.29, 1.82) is 0 Å². The van der Waals surface area contributed by atoms with Crippen molar-refractivity contribution in [3.8, 4) is 0 Å². The first kappa shape index (κ1) is 21.0. The summed E-state index contributed by atoms with van der Waals surface area (Å²) in [5.74, 6) is -3.24. The summed E-state index contributed by atoms with van der Waals surface area (Å²) in [6.07, 6.45) is 0.137. The predicted octanol–water partition coefficient (Wildman–Crippen LogP) is 1.63. The summed E-state index contributed by atoms with van der Waals surface area (Å²) in [7, 11) is 1.63. The molecule has 2 atom stereocenters. The van der Waals surface area contributed by atoms with Gasteiger partial charge in [0, 0.05) is 6.61 Å². The molecule has 0 bridgehead atoms. The molecule has 1 N–H and O–H groups in total. The third kappa shape index (κ3) is 5.75. The van der Waals surface area contributed by atoms with Gasteiger partial charge in [0.05, 0.1) is 31.1 Å². The second-order valence-electron chi connectivity index (χ2n) is 5.07. The van der Waals surface area contributed by atoms with Crippen molar-refractivity contribution in [2.45, 2.75) is 32.9 Å².